The van der Waals surface area contributed by atoms with Gasteiger partial charge in [-0.3, -0.25) is 4.98 Å². The van der Waals surface area contributed by atoms with Crippen LogP contribution >= 0.6 is 39.1 Å². The zero-order valence-electron chi connectivity index (χ0n) is 10.6. The van der Waals surface area contributed by atoms with E-state index in [-0.39, 0.29) is 11.9 Å². The first-order valence-electron chi connectivity index (χ1n) is 5.93. The molecule has 0 saturated heterocycles. The highest BCUT2D eigenvalue weighted by molar-refractivity contribution is 9.10. The number of halogens is 4. The van der Waals surface area contributed by atoms with Crippen molar-refractivity contribution in [3.05, 3.63) is 62.1 Å². The second-order valence-corrected chi connectivity index (χ2v) is 6.06. The fraction of sp³-hybridized carbons (Fsp3) is 0.214. The summed E-state index contributed by atoms with van der Waals surface area (Å²) in [7, 11) is 1.78. The van der Waals surface area contributed by atoms with Crippen LogP contribution in [0.1, 0.15) is 17.3 Å². The minimum atomic E-state index is -0.251. The monoisotopic (exact) mass is 376 g/mol. The Labute approximate surface area is 135 Å². The molecule has 0 aliphatic rings. The lowest BCUT2D eigenvalue weighted by Crippen LogP contribution is -2.21. The topological polar surface area (TPSA) is 24.9 Å². The minimum Gasteiger partial charge on any atom is -0.311 e. The van der Waals surface area contributed by atoms with Crippen molar-refractivity contribution in [1.82, 2.24) is 10.3 Å². The quantitative estimate of drug-likeness (QED) is 0.828. The molecular formula is C14H12BrCl2FN2. The molecule has 0 saturated carbocycles. The van der Waals surface area contributed by atoms with Crippen molar-refractivity contribution >= 4 is 39.1 Å². The van der Waals surface area contributed by atoms with Crippen LogP contribution in [0.25, 0.3) is 0 Å². The smallest absolute Gasteiger partial charge is 0.126 e. The van der Waals surface area contributed by atoms with Gasteiger partial charge in [-0.1, -0.05) is 39.1 Å². The first-order chi connectivity index (χ1) is 9.51. The SMILES string of the molecule is CNC(Cc1cc(Br)ccc1F)c1ncc(Cl)cc1Cl. The van der Waals surface area contributed by atoms with Gasteiger partial charge in [0, 0.05) is 10.7 Å². The fourth-order valence-electron chi connectivity index (χ4n) is 1.94. The third-order valence-corrected chi connectivity index (χ3v) is 3.95. The van der Waals surface area contributed by atoms with E-state index < -0.39 is 0 Å². The lowest BCUT2D eigenvalue weighted by molar-refractivity contribution is 0.545. The molecule has 2 aromatic rings. The van der Waals surface area contributed by atoms with Gasteiger partial charge >= 0.3 is 0 Å². The molecule has 1 atom stereocenters. The summed E-state index contributed by atoms with van der Waals surface area (Å²) >= 11 is 15.3. The van der Waals surface area contributed by atoms with Gasteiger partial charge in [0.15, 0.2) is 0 Å². The van der Waals surface area contributed by atoms with Gasteiger partial charge < -0.3 is 5.32 Å². The molecule has 6 heteroatoms. The molecule has 0 amide bonds. The van der Waals surface area contributed by atoms with E-state index in [0.717, 1.165) is 4.47 Å². The highest BCUT2D eigenvalue weighted by Crippen LogP contribution is 2.27. The molecule has 0 radical (unpaired) electrons. The highest BCUT2D eigenvalue weighted by atomic mass is 79.9. The molecule has 106 valence electrons. The average Bonchev–Trinajstić information content (AvgIpc) is 2.40. The van der Waals surface area contributed by atoms with Gasteiger partial charge in [-0.25, -0.2) is 4.39 Å². The Morgan fingerprint density at radius 2 is 2.10 bits per heavy atom. The summed E-state index contributed by atoms with van der Waals surface area (Å²) in [6.07, 6.45) is 1.97. The molecule has 1 N–H and O–H groups in total. The number of pyridine rings is 1. The summed E-state index contributed by atoms with van der Waals surface area (Å²) in [5, 5.41) is 4.04. The van der Waals surface area contributed by atoms with Crippen LogP contribution in [0.4, 0.5) is 4.39 Å². The van der Waals surface area contributed by atoms with Crippen LogP contribution in [-0.4, -0.2) is 12.0 Å². The van der Waals surface area contributed by atoms with Crippen LogP contribution < -0.4 is 5.32 Å². The zero-order chi connectivity index (χ0) is 14.7. The number of hydrogen-bond donors (Lipinski definition) is 1. The van der Waals surface area contributed by atoms with E-state index in [1.54, 1.807) is 25.2 Å². The van der Waals surface area contributed by atoms with E-state index in [4.69, 9.17) is 23.2 Å². The molecule has 0 aliphatic carbocycles. The van der Waals surface area contributed by atoms with Crippen molar-refractivity contribution < 1.29 is 4.39 Å². The molecule has 1 heterocycles. The molecule has 1 aromatic heterocycles. The number of hydrogen-bond acceptors (Lipinski definition) is 2. The molecule has 0 bridgehead atoms. The summed E-state index contributed by atoms with van der Waals surface area (Å²) < 4.78 is 14.7. The third-order valence-electron chi connectivity index (χ3n) is 2.95. The Bertz CT molecular complexity index is 622. The Balaban J connectivity index is 2.31. The number of aromatic nitrogens is 1. The van der Waals surface area contributed by atoms with Crippen LogP contribution in [0.15, 0.2) is 34.9 Å². The van der Waals surface area contributed by atoms with Crippen LogP contribution in [0, 0.1) is 5.82 Å². The predicted molar refractivity (Wildman–Crippen MR) is 83.9 cm³/mol. The fourth-order valence-corrected chi connectivity index (χ4v) is 2.86. The lowest BCUT2D eigenvalue weighted by Gasteiger charge is -2.17. The molecular weight excluding hydrogens is 366 g/mol. The van der Waals surface area contributed by atoms with Crippen molar-refractivity contribution in [2.75, 3.05) is 7.05 Å². The normalized spacial score (nSPS) is 12.4. The first kappa shape index (κ1) is 15.7. The second kappa shape index (κ2) is 6.85. The molecule has 1 aromatic carbocycles. The molecule has 2 nitrogen and oxygen atoms in total. The number of benzene rings is 1. The molecule has 20 heavy (non-hydrogen) atoms. The number of rotatable bonds is 4. The Hall–Kier alpha value is -0.680. The van der Waals surface area contributed by atoms with Gasteiger partial charge in [0.2, 0.25) is 0 Å². The van der Waals surface area contributed by atoms with Crippen LogP contribution in [0.2, 0.25) is 10.0 Å². The zero-order valence-corrected chi connectivity index (χ0v) is 13.7. The van der Waals surface area contributed by atoms with Crippen molar-refractivity contribution in [2.45, 2.75) is 12.5 Å². The van der Waals surface area contributed by atoms with E-state index in [9.17, 15) is 4.39 Å². The van der Waals surface area contributed by atoms with Crippen LogP contribution in [0.3, 0.4) is 0 Å². The minimum absolute atomic E-state index is 0.191. The third kappa shape index (κ3) is 3.70. The van der Waals surface area contributed by atoms with Gasteiger partial charge in [0.25, 0.3) is 0 Å². The Morgan fingerprint density at radius 1 is 1.35 bits per heavy atom. The summed E-state index contributed by atoms with van der Waals surface area (Å²) in [6, 6.07) is 6.30. The molecule has 0 aliphatic heterocycles. The maximum absolute atomic E-state index is 13.8. The van der Waals surface area contributed by atoms with Crippen molar-refractivity contribution in [3.8, 4) is 0 Å². The van der Waals surface area contributed by atoms with Gasteiger partial charge in [0.1, 0.15) is 5.82 Å². The van der Waals surface area contributed by atoms with E-state index in [1.807, 2.05) is 0 Å². The maximum Gasteiger partial charge on any atom is 0.126 e. The summed E-state index contributed by atoms with van der Waals surface area (Å²) in [5.41, 5.74) is 1.24. The standard InChI is InChI=1S/C14H12BrCl2FN2/c1-19-13(14-11(17)6-10(16)7-20-14)5-8-4-9(15)2-3-12(8)18/h2-4,6-7,13,19H,5H2,1H3. The number of nitrogens with zero attached hydrogens (tertiary/aromatic N) is 1. The van der Waals surface area contributed by atoms with Gasteiger partial charge in [-0.15, -0.1) is 0 Å². The van der Waals surface area contributed by atoms with Crippen molar-refractivity contribution in [1.29, 1.82) is 0 Å². The summed E-state index contributed by atoms with van der Waals surface area (Å²) in [5.74, 6) is -0.251. The highest BCUT2D eigenvalue weighted by Gasteiger charge is 2.17. The van der Waals surface area contributed by atoms with E-state index >= 15 is 0 Å². The van der Waals surface area contributed by atoms with Crippen LogP contribution in [0.5, 0.6) is 0 Å². The van der Waals surface area contributed by atoms with Gasteiger partial charge in [-0.2, -0.15) is 0 Å². The molecule has 1 unspecified atom stereocenters. The number of nitrogens with one attached hydrogen (secondary N) is 1. The average molecular weight is 378 g/mol. The Kier molecular flexibility index (Phi) is 5.38. The lowest BCUT2D eigenvalue weighted by atomic mass is 10.0. The Morgan fingerprint density at radius 3 is 2.75 bits per heavy atom. The van der Waals surface area contributed by atoms with Crippen LogP contribution in [-0.2, 0) is 6.42 Å². The van der Waals surface area contributed by atoms with Crippen molar-refractivity contribution in [3.63, 3.8) is 0 Å². The van der Waals surface area contributed by atoms with E-state index in [1.165, 1.54) is 12.3 Å². The molecule has 0 spiro atoms. The maximum atomic E-state index is 13.8. The van der Waals surface area contributed by atoms with E-state index in [2.05, 4.69) is 26.2 Å². The summed E-state index contributed by atoms with van der Waals surface area (Å²) in [6.45, 7) is 0. The van der Waals surface area contributed by atoms with Gasteiger partial charge in [-0.05, 0) is 43.3 Å². The predicted octanol–water partition coefficient (Wildman–Crippen LogP) is 4.79. The summed E-state index contributed by atoms with van der Waals surface area (Å²) in [4.78, 5) is 4.24. The second-order valence-electron chi connectivity index (χ2n) is 4.30. The molecule has 0 fully saturated rings. The molecule has 2 rings (SSSR count). The largest absolute Gasteiger partial charge is 0.311 e. The van der Waals surface area contributed by atoms with Gasteiger partial charge in [0.05, 0.1) is 21.8 Å². The van der Waals surface area contributed by atoms with Crippen molar-refractivity contribution in [2.24, 2.45) is 0 Å². The van der Waals surface area contributed by atoms with E-state index in [0.29, 0.717) is 27.7 Å². The first-order valence-corrected chi connectivity index (χ1v) is 7.48. The number of likely N-dealkylation sites (N-methyl/N-ethyl adjacent to an activating group) is 1.